The first-order valence-corrected chi connectivity index (χ1v) is 7.19. The summed E-state index contributed by atoms with van der Waals surface area (Å²) in [5.41, 5.74) is 1.08. The number of rotatable bonds is 4. The van der Waals surface area contributed by atoms with Gasteiger partial charge in [0.15, 0.2) is 5.76 Å². The highest BCUT2D eigenvalue weighted by atomic mass is 35.5. The van der Waals surface area contributed by atoms with E-state index >= 15 is 0 Å². The van der Waals surface area contributed by atoms with Crippen molar-refractivity contribution in [2.45, 2.75) is 25.4 Å². The predicted molar refractivity (Wildman–Crippen MR) is 79.7 cm³/mol. The van der Waals surface area contributed by atoms with Crippen LogP contribution in [0.3, 0.4) is 0 Å². The molecule has 2 heterocycles. The standard InChI is InChI=1S/C15H18ClN3O/c1-15(5-6-17-10-15)19-9-14-18-8-13(20-14)11-3-2-4-12(16)7-11/h2-4,7-8,17,19H,5-6,9-10H2,1H3. The van der Waals surface area contributed by atoms with Crippen molar-refractivity contribution >= 4 is 11.6 Å². The summed E-state index contributed by atoms with van der Waals surface area (Å²) in [5, 5.41) is 7.56. The van der Waals surface area contributed by atoms with Gasteiger partial charge in [-0.3, -0.25) is 0 Å². The molecule has 0 saturated carbocycles. The van der Waals surface area contributed by atoms with E-state index in [0.717, 1.165) is 30.8 Å². The zero-order chi connectivity index (χ0) is 14.0. The lowest BCUT2D eigenvalue weighted by atomic mass is 10.0. The van der Waals surface area contributed by atoms with Crippen molar-refractivity contribution in [3.8, 4) is 11.3 Å². The maximum absolute atomic E-state index is 5.99. The fourth-order valence-corrected chi connectivity index (χ4v) is 2.61. The zero-order valence-corrected chi connectivity index (χ0v) is 12.2. The van der Waals surface area contributed by atoms with E-state index in [1.807, 2.05) is 24.3 Å². The molecular weight excluding hydrogens is 274 g/mol. The molecule has 1 aromatic heterocycles. The smallest absolute Gasteiger partial charge is 0.208 e. The second-order valence-electron chi connectivity index (χ2n) is 5.47. The van der Waals surface area contributed by atoms with Crippen LogP contribution in [-0.4, -0.2) is 23.6 Å². The molecule has 0 bridgehead atoms. The van der Waals surface area contributed by atoms with Crippen molar-refractivity contribution in [2.24, 2.45) is 0 Å². The van der Waals surface area contributed by atoms with Crippen molar-refractivity contribution in [1.82, 2.24) is 15.6 Å². The third-order valence-electron chi connectivity index (χ3n) is 3.70. The minimum absolute atomic E-state index is 0.130. The Morgan fingerprint density at radius 2 is 2.40 bits per heavy atom. The lowest BCUT2D eigenvalue weighted by molar-refractivity contribution is 0.356. The summed E-state index contributed by atoms with van der Waals surface area (Å²) in [7, 11) is 0. The van der Waals surface area contributed by atoms with Crippen LogP contribution in [0.25, 0.3) is 11.3 Å². The van der Waals surface area contributed by atoms with Crippen molar-refractivity contribution in [3.63, 3.8) is 0 Å². The van der Waals surface area contributed by atoms with Crippen LogP contribution in [0.15, 0.2) is 34.9 Å². The molecule has 0 amide bonds. The molecule has 2 N–H and O–H groups in total. The van der Waals surface area contributed by atoms with E-state index in [4.69, 9.17) is 16.0 Å². The first-order chi connectivity index (χ1) is 9.65. The molecule has 5 heteroatoms. The normalized spacial score (nSPS) is 22.3. The molecule has 1 aliphatic rings. The van der Waals surface area contributed by atoms with E-state index in [-0.39, 0.29) is 5.54 Å². The Kier molecular flexibility index (Phi) is 3.78. The Labute approximate surface area is 123 Å². The molecule has 0 spiro atoms. The highest BCUT2D eigenvalue weighted by Gasteiger charge is 2.27. The number of hydrogen-bond acceptors (Lipinski definition) is 4. The van der Waals surface area contributed by atoms with E-state index in [1.54, 1.807) is 6.20 Å². The highest BCUT2D eigenvalue weighted by molar-refractivity contribution is 6.30. The van der Waals surface area contributed by atoms with Gasteiger partial charge in [0.1, 0.15) is 0 Å². The Hall–Kier alpha value is -1.36. The molecular formula is C15H18ClN3O. The second-order valence-corrected chi connectivity index (χ2v) is 5.91. The number of nitrogens with zero attached hydrogens (tertiary/aromatic N) is 1. The van der Waals surface area contributed by atoms with Crippen LogP contribution in [0, 0.1) is 0 Å². The maximum Gasteiger partial charge on any atom is 0.208 e. The minimum atomic E-state index is 0.130. The third-order valence-corrected chi connectivity index (χ3v) is 3.93. The lowest BCUT2D eigenvalue weighted by Gasteiger charge is -2.23. The largest absolute Gasteiger partial charge is 0.439 e. The summed E-state index contributed by atoms with van der Waals surface area (Å²) < 4.78 is 5.78. The molecule has 3 rings (SSSR count). The van der Waals surface area contributed by atoms with Gasteiger partial charge < -0.3 is 15.1 Å². The van der Waals surface area contributed by atoms with Gasteiger partial charge in [0.05, 0.1) is 12.7 Å². The van der Waals surface area contributed by atoms with E-state index < -0.39 is 0 Å². The van der Waals surface area contributed by atoms with Gasteiger partial charge in [0.2, 0.25) is 5.89 Å². The van der Waals surface area contributed by atoms with Crippen molar-refractivity contribution < 1.29 is 4.42 Å². The number of nitrogens with one attached hydrogen (secondary N) is 2. The quantitative estimate of drug-likeness (QED) is 0.909. The van der Waals surface area contributed by atoms with E-state index in [9.17, 15) is 0 Å². The van der Waals surface area contributed by atoms with Crippen LogP contribution in [0.5, 0.6) is 0 Å². The SMILES string of the molecule is CC1(NCc2ncc(-c3cccc(Cl)c3)o2)CCNC1. The van der Waals surface area contributed by atoms with Gasteiger partial charge in [0, 0.05) is 22.7 Å². The Morgan fingerprint density at radius 1 is 1.50 bits per heavy atom. The average Bonchev–Trinajstić information content (AvgIpc) is 3.06. The van der Waals surface area contributed by atoms with Crippen LogP contribution in [0.2, 0.25) is 5.02 Å². The molecule has 0 aliphatic carbocycles. The predicted octanol–water partition coefficient (Wildman–Crippen LogP) is 2.84. The monoisotopic (exact) mass is 291 g/mol. The first-order valence-electron chi connectivity index (χ1n) is 6.81. The number of hydrogen-bond donors (Lipinski definition) is 2. The summed E-state index contributed by atoms with van der Waals surface area (Å²) in [6.45, 7) is 4.89. The molecule has 1 saturated heterocycles. The Bertz CT molecular complexity index is 590. The van der Waals surface area contributed by atoms with Gasteiger partial charge >= 0.3 is 0 Å². The summed E-state index contributed by atoms with van der Waals surface area (Å²) >= 11 is 5.99. The first kappa shape index (κ1) is 13.6. The van der Waals surface area contributed by atoms with Crippen LogP contribution in [0.4, 0.5) is 0 Å². The van der Waals surface area contributed by atoms with Crippen molar-refractivity contribution in [2.75, 3.05) is 13.1 Å². The van der Waals surface area contributed by atoms with Crippen LogP contribution >= 0.6 is 11.6 Å². The number of aromatic nitrogens is 1. The maximum atomic E-state index is 5.99. The van der Waals surface area contributed by atoms with Gasteiger partial charge in [-0.2, -0.15) is 0 Å². The highest BCUT2D eigenvalue weighted by Crippen LogP contribution is 2.23. The van der Waals surface area contributed by atoms with Gasteiger partial charge in [-0.05, 0) is 32.0 Å². The average molecular weight is 292 g/mol. The minimum Gasteiger partial charge on any atom is -0.439 e. The Morgan fingerprint density at radius 3 is 3.15 bits per heavy atom. The molecule has 2 aromatic rings. The molecule has 1 aromatic carbocycles. The van der Waals surface area contributed by atoms with Gasteiger partial charge in [0.25, 0.3) is 0 Å². The molecule has 106 valence electrons. The summed E-state index contributed by atoms with van der Waals surface area (Å²) in [4.78, 5) is 4.32. The molecule has 1 fully saturated rings. The summed E-state index contributed by atoms with van der Waals surface area (Å²) in [6, 6.07) is 7.59. The summed E-state index contributed by atoms with van der Waals surface area (Å²) in [5.74, 6) is 1.45. The van der Waals surface area contributed by atoms with E-state index in [1.165, 1.54) is 0 Å². The van der Waals surface area contributed by atoms with Gasteiger partial charge in [-0.1, -0.05) is 23.7 Å². The summed E-state index contributed by atoms with van der Waals surface area (Å²) in [6.07, 6.45) is 2.87. The lowest BCUT2D eigenvalue weighted by Crippen LogP contribution is -2.43. The third kappa shape index (κ3) is 3.03. The number of halogens is 1. The fourth-order valence-electron chi connectivity index (χ4n) is 2.42. The topological polar surface area (TPSA) is 50.1 Å². The molecule has 4 nitrogen and oxygen atoms in total. The molecule has 0 radical (unpaired) electrons. The zero-order valence-electron chi connectivity index (χ0n) is 11.4. The van der Waals surface area contributed by atoms with Crippen molar-refractivity contribution in [3.05, 3.63) is 41.4 Å². The second kappa shape index (κ2) is 5.56. The van der Waals surface area contributed by atoms with Crippen LogP contribution in [0.1, 0.15) is 19.2 Å². The molecule has 1 aliphatic heterocycles. The molecule has 1 atom stereocenters. The molecule has 20 heavy (non-hydrogen) atoms. The number of benzene rings is 1. The van der Waals surface area contributed by atoms with Crippen LogP contribution in [-0.2, 0) is 6.54 Å². The molecule has 1 unspecified atom stereocenters. The van der Waals surface area contributed by atoms with E-state index in [0.29, 0.717) is 17.5 Å². The van der Waals surface area contributed by atoms with Gasteiger partial charge in [-0.25, -0.2) is 4.98 Å². The van der Waals surface area contributed by atoms with Gasteiger partial charge in [-0.15, -0.1) is 0 Å². The number of oxazole rings is 1. The van der Waals surface area contributed by atoms with Crippen LogP contribution < -0.4 is 10.6 Å². The van der Waals surface area contributed by atoms with E-state index in [2.05, 4.69) is 22.5 Å². The van der Waals surface area contributed by atoms with Crippen molar-refractivity contribution in [1.29, 1.82) is 0 Å². The Balaban J connectivity index is 1.68. The fraction of sp³-hybridized carbons (Fsp3) is 0.400.